The van der Waals surface area contributed by atoms with Crippen molar-refractivity contribution < 1.29 is 24.3 Å². The number of nitrogens with one attached hydrogen (secondary N) is 2. The number of fused-ring (bicyclic) bond motifs is 1. The summed E-state index contributed by atoms with van der Waals surface area (Å²) >= 11 is 0. The van der Waals surface area contributed by atoms with Crippen LogP contribution in [0.1, 0.15) is 49.3 Å². The van der Waals surface area contributed by atoms with Crippen molar-refractivity contribution in [2.75, 3.05) is 13.1 Å². The van der Waals surface area contributed by atoms with Crippen LogP contribution in [0.2, 0.25) is 0 Å². The Morgan fingerprint density at radius 1 is 0.956 bits per heavy atom. The number of rotatable bonds is 14. The van der Waals surface area contributed by atoms with Crippen molar-refractivity contribution in [1.82, 2.24) is 15.5 Å². The zero-order chi connectivity index (χ0) is 32.3. The molecule has 45 heavy (non-hydrogen) atoms. The second-order valence-electron chi connectivity index (χ2n) is 11.2. The topological polar surface area (TPSA) is 206 Å². The Balaban J connectivity index is 1.51. The van der Waals surface area contributed by atoms with Crippen molar-refractivity contribution in [3.05, 3.63) is 83.9 Å². The molecule has 4 rings (SSSR count). The van der Waals surface area contributed by atoms with Gasteiger partial charge in [-0.1, -0.05) is 72.8 Å². The van der Waals surface area contributed by atoms with Gasteiger partial charge >= 0.3 is 5.97 Å². The fourth-order valence-electron chi connectivity index (χ4n) is 5.71. The lowest BCUT2D eigenvalue weighted by Gasteiger charge is -2.29. The molecule has 0 unspecified atom stereocenters. The summed E-state index contributed by atoms with van der Waals surface area (Å²) in [7, 11) is 0. The van der Waals surface area contributed by atoms with Gasteiger partial charge < -0.3 is 37.8 Å². The summed E-state index contributed by atoms with van der Waals surface area (Å²) in [6.45, 7) is 0.730. The normalized spacial score (nSPS) is 16.4. The Morgan fingerprint density at radius 3 is 2.40 bits per heavy atom. The molecule has 238 valence electrons. The zero-order valence-electron chi connectivity index (χ0n) is 25.1. The molecule has 3 aromatic carbocycles. The second-order valence-corrected chi connectivity index (χ2v) is 11.2. The molecule has 3 amide bonds. The Morgan fingerprint density at radius 2 is 1.67 bits per heavy atom. The molecular weight excluding hydrogens is 574 g/mol. The number of hydrogen-bond acceptors (Lipinski definition) is 6. The first kappa shape index (κ1) is 32.9. The number of hydrogen-bond donors (Lipinski definition) is 6. The van der Waals surface area contributed by atoms with E-state index in [-0.39, 0.29) is 24.7 Å². The summed E-state index contributed by atoms with van der Waals surface area (Å²) < 4.78 is 0. The smallest absolute Gasteiger partial charge is 0.326 e. The van der Waals surface area contributed by atoms with Crippen LogP contribution in [0.25, 0.3) is 10.8 Å². The predicted molar refractivity (Wildman–Crippen MR) is 172 cm³/mol. The number of guanidine groups is 1. The van der Waals surface area contributed by atoms with Crippen LogP contribution >= 0.6 is 0 Å². The second kappa shape index (κ2) is 15.7. The van der Waals surface area contributed by atoms with E-state index in [1.54, 1.807) is 24.3 Å². The summed E-state index contributed by atoms with van der Waals surface area (Å²) in [4.78, 5) is 57.8. The van der Waals surface area contributed by atoms with Gasteiger partial charge in [0.15, 0.2) is 5.96 Å². The predicted octanol–water partition coefficient (Wildman–Crippen LogP) is 1.57. The zero-order valence-corrected chi connectivity index (χ0v) is 25.1. The molecule has 3 aromatic rings. The average molecular weight is 616 g/mol. The van der Waals surface area contributed by atoms with Crippen LogP contribution in [0.3, 0.4) is 0 Å². The molecule has 1 fully saturated rings. The molecule has 12 nitrogen and oxygen atoms in total. The molecule has 12 heteroatoms. The maximum Gasteiger partial charge on any atom is 0.326 e. The van der Waals surface area contributed by atoms with Crippen molar-refractivity contribution in [2.45, 2.75) is 62.7 Å². The molecule has 1 aliphatic rings. The molecule has 0 aromatic heterocycles. The van der Waals surface area contributed by atoms with E-state index in [9.17, 15) is 24.3 Å². The molecule has 0 radical (unpaired) electrons. The molecule has 4 atom stereocenters. The Labute approximate surface area is 262 Å². The van der Waals surface area contributed by atoms with Crippen LogP contribution in [0.4, 0.5) is 0 Å². The van der Waals surface area contributed by atoms with Gasteiger partial charge in [-0.25, -0.2) is 4.79 Å². The van der Waals surface area contributed by atoms with E-state index in [0.29, 0.717) is 44.3 Å². The van der Waals surface area contributed by atoms with Crippen molar-refractivity contribution in [2.24, 2.45) is 22.2 Å². The first-order valence-electron chi connectivity index (χ1n) is 15.1. The fourth-order valence-corrected chi connectivity index (χ4v) is 5.71. The minimum atomic E-state index is -1.16. The monoisotopic (exact) mass is 615 g/mol. The molecule has 1 saturated heterocycles. The number of benzene rings is 3. The fraction of sp³-hybridized carbons (Fsp3) is 0.364. The maximum atomic E-state index is 13.8. The highest BCUT2D eigenvalue weighted by atomic mass is 16.4. The van der Waals surface area contributed by atoms with Crippen molar-refractivity contribution in [1.29, 1.82) is 0 Å². The minimum Gasteiger partial charge on any atom is -0.480 e. The third-order valence-corrected chi connectivity index (χ3v) is 7.94. The van der Waals surface area contributed by atoms with Crippen LogP contribution in [0.15, 0.2) is 77.8 Å². The van der Waals surface area contributed by atoms with Crippen LogP contribution in [-0.4, -0.2) is 70.9 Å². The first-order valence-corrected chi connectivity index (χ1v) is 15.1. The van der Waals surface area contributed by atoms with E-state index in [1.807, 2.05) is 48.5 Å². The number of amides is 3. The highest BCUT2D eigenvalue weighted by molar-refractivity contribution is 5.92. The van der Waals surface area contributed by atoms with Crippen molar-refractivity contribution in [3.8, 4) is 0 Å². The molecule has 1 aliphatic heterocycles. The number of carbonyl (C=O) groups excluding carboxylic acids is 3. The van der Waals surface area contributed by atoms with Crippen molar-refractivity contribution >= 4 is 40.4 Å². The van der Waals surface area contributed by atoms with E-state index in [1.165, 1.54) is 4.90 Å². The molecule has 1 heterocycles. The summed E-state index contributed by atoms with van der Waals surface area (Å²) in [5, 5.41) is 17.2. The molecule has 9 N–H and O–H groups in total. The van der Waals surface area contributed by atoms with Crippen LogP contribution in [0, 0.1) is 0 Å². The summed E-state index contributed by atoms with van der Waals surface area (Å²) in [5.41, 5.74) is 18.4. The van der Waals surface area contributed by atoms with Gasteiger partial charge in [-0.15, -0.1) is 0 Å². The molecule has 0 aliphatic carbocycles. The van der Waals surface area contributed by atoms with Gasteiger partial charge in [-0.3, -0.25) is 19.4 Å². The number of likely N-dealkylation sites (tertiary alicyclic amines) is 1. The number of carboxylic acids is 1. The van der Waals surface area contributed by atoms with Gasteiger partial charge in [0.25, 0.3) is 0 Å². The van der Waals surface area contributed by atoms with E-state index in [0.717, 1.165) is 16.3 Å². The van der Waals surface area contributed by atoms with Gasteiger partial charge in [0.1, 0.15) is 12.1 Å². The van der Waals surface area contributed by atoms with E-state index in [4.69, 9.17) is 17.2 Å². The third-order valence-electron chi connectivity index (χ3n) is 7.94. The Hall–Kier alpha value is -4.97. The van der Waals surface area contributed by atoms with E-state index in [2.05, 4.69) is 15.6 Å². The van der Waals surface area contributed by atoms with Crippen LogP contribution in [-0.2, 0) is 25.6 Å². The van der Waals surface area contributed by atoms with E-state index < -0.39 is 42.0 Å². The lowest BCUT2D eigenvalue weighted by molar-refractivity contribution is -0.142. The Bertz CT molecular complexity index is 1520. The first-order chi connectivity index (χ1) is 21.6. The highest BCUT2D eigenvalue weighted by Crippen LogP contribution is 2.28. The number of carboxylic acid groups (broad SMARTS) is 1. The number of carbonyl (C=O) groups is 4. The van der Waals surface area contributed by atoms with Gasteiger partial charge in [-0.05, 0) is 47.6 Å². The molecule has 0 spiro atoms. The summed E-state index contributed by atoms with van der Waals surface area (Å²) in [6, 6.07) is 18.7. The quantitative estimate of drug-likeness (QED) is 0.0889. The number of nitrogens with zero attached hydrogens (tertiary/aromatic N) is 2. The largest absolute Gasteiger partial charge is 0.480 e. The van der Waals surface area contributed by atoms with Crippen molar-refractivity contribution in [3.63, 3.8) is 0 Å². The van der Waals surface area contributed by atoms with E-state index >= 15 is 0 Å². The number of nitrogens with two attached hydrogens (primary N) is 3. The summed E-state index contributed by atoms with van der Waals surface area (Å²) in [5.74, 6) is -2.46. The molecule has 0 bridgehead atoms. The lowest BCUT2D eigenvalue weighted by Crippen LogP contribution is -2.52. The highest BCUT2D eigenvalue weighted by Gasteiger charge is 2.37. The SMILES string of the molecule is NC(N)=NCCC[C@H](N)C(=O)N1CCC[C@H]1C(=O)N[C@H](CC(=O)N[C@@H](Cc1ccccc1)C(=O)O)c1cccc2ccccc12. The van der Waals surface area contributed by atoms with Crippen LogP contribution < -0.4 is 27.8 Å². The average Bonchev–Trinajstić information content (AvgIpc) is 3.52. The lowest BCUT2D eigenvalue weighted by atomic mass is 9.95. The minimum absolute atomic E-state index is 0.0321. The molecular formula is C33H41N7O5. The maximum absolute atomic E-state index is 13.8. The number of aliphatic carboxylic acids is 1. The van der Waals surface area contributed by atoms with Crippen LogP contribution in [0.5, 0.6) is 0 Å². The summed E-state index contributed by atoms with van der Waals surface area (Å²) in [6.07, 6.45) is 1.85. The van der Waals surface area contributed by atoms with Gasteiger partial charge in [0, 0.05) is 19.5 Å². The number of aliphatic imine (C=N–C) groups is 1. The Kier molecular flexibility index (Phi) is 11.5. The van der Waals surface area contributed by atoms with Gasteiger partial charge in [0.05, 0.1) is 18.5 Å². The van der Waals surface area contributed by atoms with Gasteiger partial charge in [-0.2, -0.15) is 0 Å². The van der Waals surface area contributed by atoms with Gasteiger partial charge in [0.2, 0.25) is 17.7 Å². The molecule has 0 saturated carbocycles. The standard InChI is InChI=1S/C33H41N7O5/c34-25(15-7-17-37-33(35)36)31(43)40-18-8-16-28(40)30(42)39-26(24-14-6-12-22-11-4-5-13-23(22)24)20-29(41)38-27(32(44)45)19-21-9-2-1-3-10-21/h1-6,9-14,25-28H,7-8,15-20,34H2,(H,38,41)(H,39,42)(H,44,45)(H4,35,36,37)/t25-,26+,27-,28-/m0/s1. The third kappa shape index (κ3) is 9.02.